The summed E-state index contributed by atoms with van der Waals surface area (Å²) in [5, 5.41) is 7.12. The molecule has 2 aromatic heterocycles. The first-order valence-corrected chi connectivity index (χ1v) is 11.2. The van der Waals surface area contributed by atoms with Gasteiger partial charge in [-0.2, -0.15) is 0 Å². The molecule has 3 rings (SSSR count). The van der Waals surface area contributed by atoms with Crippen molar-refractivity contribution in [2.45, 2.75) is 13.0 Å². The second-order valence-corrected chi connectivity index (χ2v) is 8.98. The predicted octanol–water partition coefficient (Wildman–Crippen LogP) is 6.88. The number of esters is 1. The summed E-state index contributed by atoms with van der Waals surface area (Å²) in [5.74, 6) is -1.14. The number of hydrogen-bond donors (Lipinski definition) is 1. The van der Waals surface area contributed by atoms with Crippen LogP contribution in [0.1, 0.15) is 16.7 Å². The Morgan fingerprint density at radius 3 is 2.38 bits per heavy atom. The van der Waals surface area contributed by atoms with E-state index in [9.17, 15) is 9.59 Å². The Bertz CT molecular complexity index is 1050. The smallest absolute Gasteiger partial charge is 0.340 e. The van der Waals surface area contributed by atoms with E-state index in [1.807, 2.05) is 35.0 Å². The first-order valence-electron chi connectivity index (χ1n) is 8.30. The first kappa shape index (κ1) is 21.9. The molecule has 1 atom stereocenters. The standard InChI is InChI=1S/C20H14Cl3NO3S2/c1-11(19(25)24-17-10-15(22)14(21)9-16(17)23)27-20(26)13(18-5-3-7-29-18)8-12-4-2-6-28-12/h2-11H,1H3,(H,24,25)/b13-8+. The van der Waals surface area contributed by atoms with Crippen molar-refractivity contribution in [2.75, 3.05) is 5.32 Å². The van der Waals surface area contributed by atoms with Gasteiger partial charge >= 0.3 is 5.97 Å². The molecular weight excluding hydrogens is 473 g/mol. The number of carbonyl (C=O) groups excluding carboxylic acids is 2. The zero-order valence-electron chi connectivity index (χ0n) is 14.9. The van der Waals surface area contributed by atoms with Gasteiger partial charge in [-0.15, -0.1) is 22.7 Å². The number of anilines is 1. The number of nitrogens with one attached hydrogen (secondary N) is 1. The normalized spacial score (nSPS) is 12.5. The van der Waals surface area contributed by atoms with Crippen LogP contribution in [-0.4, -0.2) is 18.0 Å². The number of amides is 1. The van der Waals surface area contributed by atoms with E-state index >= 15 is 0 Å². The molecule has 1 unspecified atom stereocenters. The molecule has 0 fully saturated rings. The molecular formula is C20H14Cl3NO3S2. The summed E-state index contributed by atoms with van der Waals surface area (Å²) in [6.45, 7) is 1.48. The van der Waals surface area contributed by atoms with E-state index in [-0.39, 0.29) is 20.8 Å². The van der Waals surface area contributed by atoms with Crippen LogP contribution in [0.25, 0.3) is 11.6 Å². The van der Waals surface area contributed by atoms with Gasteiger partial charge in [0.2, 0.25) is 0 Å². The number of benzene rings is 1. The number of carbonyl (C=O) groups is 2. The second kappa shape index (κ2) is 9.78. The van der Waals surface area contributed by atoms with E-state index in [1.54, 1.807) is 6.08 Å². The van der Waals surface area contributed by atoms with Crippen molar-refractivity contribution in [1.82, 2.24) is 0 Å². The van der Waals surface area contributed by atoms with Crippen molar-refractivity contribution in [3.8, 4) is 0 Å². The van der Waals surface area contributed by atoms with Crippen LogP contribution in [0.3, 0.4) is 0 Å². The number of ether oxygens (including phenoxy) is 1. The van der Waals surface area contributed by atoms with Crippen molar-refractivity contribution >= 4 is 86.7 Å². The molecule has 0 aliphatic heterocycles. The van der Waals surface area contributed by atoms with Crippen molar-refractivity contribution < 1.29 is 14.3 Å². The van der Waals surface area contributed by atoms with Crippen molar-refractivity contribution in [2.24, 2.45) is 0 Å². The Balaban J connectivity index is 1.74. The molecule has 0 saturated heterocycles. The lowest BCUT2D eigenvalue weighted by Gasteiger charge is -2.15. The number of hydrogen-bond acceptors (Lipinski definition) is 5. The van der Waals surface area contributed by atoms with Gasteiger partial charge in [-0.05, 0) is 48.0 Å². The zero-order valence-corrected chi connectivity index (χ0v) is 18.8. The molecule has 0 radical (unpaired) electrons. The van der Waals surface area contributed by atoms with Crippen LogP contribution in [0.2, 0.25) is 15.1 Å². The highest BCUT2D eigenvalue weighted by Crippen LogP contribution is 2.32. The third-order valence-corrected chi connectivity index (χ3v) is 6.51. The third-order valence-electron chi connectivity index (χ3n) is 3.76. The molecule has 0 bridgehead atoms. The Hall–Kier alpha value is -1.83. The molecule has 0 saturated carbocycles. The van der Waals surface area contributed by atoms with E-state index in [0.29, 0.717) is 5.57 Å². The summed E-state index contributed by atoms with van der Waals surface area (Å²) in [6.07, 6.45) is 0.693. The van der Waals surface area contributed by atoms with Crippen LogP contribution in [-0.2, 0) is 14.3 Å². The summed E-state index contributed by atoms with van der Waals surface area (Å²) in [4.78, 5) is 26.9. The second-order valence-electron chi connectivity index (χ2n) is 5.83. The maximum Gasteiger partial charge on any atom is 0.340 e. The van der Waals surface area contributed by atoms with Gasteiger partial charge in [-0.1, -0.05) is 46.9 Å². The van der Waals surface area contributed by atoms with Gasteiger partial charge in [0.1, 0.15) is 0 Å². The minimum absolute atomic E-state index is 0.225. The largest absolute Gasteiger partial charge is 0.449 e. The number of thiophene rings is 2. The van der Waals surface area contributed by atoms with Crippen molar-refractivity contribution in [1.29, 1.82) is 0 Å². The number of rotatable bonds is 6. The SMILES string of the molecule is CC(OC(=O)/C(=C/c1cccs1)c1cccs1)C(=O)Nc1cc(Cl)c(Cl)cc1Cl. The third kappa shape index (κ3) is 5.62. The zero-order chi connectivity index (χ0) is 21.0. The highest BCUT2D eigenvalue weighted by molar-refractivity contribution is 7.12. The van der Waals surface area contributed by atoms with Gasteiger partial charge in [0, 0.05) is 9.75 Å². The van der Waals surface area contributed by atoms with Gasteiger partial charge in [-0.25, -0.2) is 4.79 Å². The van der Waals surface area contributed by atoms with Gasteiger partial charge < -0.3 is 10.1 Å². The van der Waals surface area contributed by atoms with E-state index in [0.717, 1.165) is 9.75 Å². The summed E-state index contributed by atoms with van der Waals surface area (Å²) in [6, 6.07) is 10.3. The lowest BCUT2D eigenvalue weighted by Crippen LogP contribution is -2.30. The fraction of sp³-hybridized carbons (Fsp3) is 0.100. The highest BCUT2D eigenvalue weighted by Gasteiger charge is 2.23. The molecule has 29 heavy (non-hydrogen) atoms. The van der Waals surface area contributed by atoms with E-state index < -0.39 is 18.0 Å². The average molecular weight is 487 g/mol. The summed E-state index contributed by atoms with van der Waals surface area (Å²) in [5.41, 5.74) is 0.663. The maximum absolute atomic E-state index is 12.8. The van der Waals surface area contributed by atoms with E-state index in [4.69, 9.17) is 39.5 Å². The van der Waals surface area contributed by atoms with Gasteiger partial charge in [0.15, 0.2) is 6.10 Å². The van der Waals surface area contributed by atoms with Crippen LogP contribution in [0.4, 0.5) is 5.69 Å². The monoisotopic (exact) mass is 485 g/mol. The molecule has 1 N–H and O–H groups in total. The topological polar surface area (TPSA) is 55.4 Å². The quantitative estimate of drug-likeness (QED) is 0.235. The maximum atomic E-state index is 12.8. The summed E-state index contributed by atoms with van der Waals surface area (Å²) in [7, 11) is 0. The summed E-state index contributed by atoms with van der Waals surface area (Å²) >= 11 is 20.9. The van der Waals surface area contributed by atoms with Crippen LogP contribution >= 0.6 is 57.5 Å². The van der Waals surface area contributed by atoms with Crippen molar-refractivity contribution in [3.05, 3.63) is 72.0 Å². The highest BCUT2D eigenvalue weighted by atomic mass is 35.5. The molecule has 3 aromatic rings. The van der Waals surface area contributed by atoms with Gasteiger partial charge in [0.05, 0.1) is 26.3 Å². The fourth-order valence-electron chi connectivity index (χ4n) is 2.31. The van der Waals surface area contributed by atoms with E-state index in [2.05, 4.69) is 5.32 Å². The number of halogens is 3. The Morgan fingerprint density at radius 2 is 1.72 bits per heavy atom. The lowest BCUT2D eigenvalue weighted by molar-refractivity contribution is -0.147. The Morgan fingerprint density at radius 1 is 1.03 bits per heavy atom. The molecule has 9 heteroatoms. The molecule has 0 aliphatic rings. The Kier molecular flexibility index (Phi) is 7.38. The molecule has 1 amide bonds. The van der Waals surface area contributed by atoms with Gasteiger partial charge in [-0.3, -0.25) is 4.79 Å². The molecule has 150 valence electrons. The first-order chi connectivity index (χ1) is 13.8. The molecule has 0 spiro atoms. The van der Waals surface area contributed by atoms with Crippen molar-refractivity contribution in [3.63, 3.8) is 0 Å². The Labute approximate surface area is 190 Å². The van der Waals surface area contributed by atoms with Gasteiger partial charge in [0.25, 0.3) is 5.91 Å². The minimum atomic E-state index is -1.06. The molecule has 1 aromatic carbocycles. The molecule has 0 aliphatic carbocycles. The lowest BCUT2D eigenvalue weighted by atomic mass is 10.2. The van der Waals surface area contributed by atoms with Crippen LogP contribution in [0.15, 0.2) is 47.2 Å². The molecule has 2 heterocycles. The summed E-state index contributed by atoms with van der Waals surface area (Å²) < 4.78 is 5.40. The molecule has 4 nitrogen and oxygen atoms in total. The minimum Gasteiger partial charge on any atom is -0.449 e. The van der Waals surface area contributed by atoms with Crippen LogP contribution in [0.5, 0.6) is 0 Å². The van der Waals surface area contributed by atoms with Crippen LogP contribution < -0.4 is 5.32 Å². The van der Waals surface area contributed by atoms with Crippen LogP contribution in [0, 0.1) is 0 Å². The average Bonchev–Trinajstić information content (AvgIpc) is 3.37. The fourth-order valence-corrected chi connectivity index (χ4v) is 4.29. The van der Waals surface area contributed by atoms with E-state index in [1.165, 1.54) is 41.7 Å². The predicted molar refractivity (Wildman–Crippen MR) is 122 cm³/mol.